The average Bonchev–Trinajstić information content (AvgIpc) is 2.91. The fraction of sp³-hybridized carbons (Fsp3) is 0.583. The average molecular weight is 317 g/mol. The molecule has 1 aliphatic heterocycles. The van der Waals surface area contributed by atoms with Crippen LogP contribution in [0, 0.1) is 11.2 Å². The first-order chi connectivity index (χ1) is 9.79. The van der Waals surface area contributed by atoms with Crippen molar-refractivity contribution in [2.75, 3.05) is 11.5 Å². The number of aromatic nitrogens is 2. The third-order valence-corrected chi connectivity index (χ3v) is 5.07. The number of hydrogen-bond acceptors (Lipinski definition) is 6. The highest BCUT2D eigenvalue weighted by Gasteiger charge is 2.46. The van der Waals surface area contributed by atoms with Crippen LogP contribution in [0.3, 0.4) is 0 Å². The Kier molecular flexibility index (Phi) is 4.24. The number of rotatable bonds is 4. The summed E-state index contributed by atoms with van der Waals surface area (Å²) in [6.45, 7) is 3.34. The van der Waals surface area contributed by atoms with Crippen LogP contribution in [0.25, 0.3) is 0 Å². The summed E-state index contributed by atoms with van der Waals surface area (Å²) in [6, 6.07) is 0. The summed E-state index contributed by atoms with van der Waals surface area (Å²) < 4.78 is 20.1. The molecule has 0 bridgehead atoms. The Morgan fingerprint density at radius 2 is 2.43 bits per heavy atom. The molecular weight excluding hydrogens is 301 g/mol. The molecule has 1 aliphatic rings. The summed E-state index contributed by atoms with van der Waals surface area (Å²) in [7, 11) is 0. The quantitative estimate of drug-likeness (QED) is 0.854. The number of carboxylic acids is 1. The first kappa shape index (κ1) is 15.8. The van der Waals surface area contributed by atoms with Gasteiger partial charge in [0.05, 0.1) is 6.20 Å². The summed E-state index contributed by atoms with van der Waals surface area (Å²) in [5.74, 6) is -1.93. The number of nitrogen functional groups attached to an aromatic ring is 1. The lowest BCUT2D eigenvalue weighted by atomic mass is 9.88. The van der Waals surface area contributed by atoms with E-state index in [1.165, 1.54) is 11.8 Å². The zero-order valence-electron chi connectivity index (χ0n) is 11.6. The Balaban J connectivity index is 2.26. The lowest BCUT2D eigenvalue weighted by molar-refractivity contribution is -0.156. The molecule has 0 amide bonds. The molecule has 21 heavy (non-hydrogen) atoms. The van der Waals surface area contributed by atoms with Gasteiger partial charge in [-0.15, -0.1) is 11.8 Å². The van der Waals surface area contributed by atoms with Gasteiger partial charge in [-0.05, 0) is 13.3 Å². The number of nitrogens with zero attached hydrogens (tertiary/aromatic N) is 2. The molecule has 3 N–H and O–H groups in total. The zero-order chi connectivity index (χ0) is 15.8. The maximum absolute atomic E-state index is 13.4. The standard InChI is InChI=1S/C12H16FN3O4S/c1-3-12(2,9(17)18)10-20-7(5-21-10)16-4-6(13)8(14)15-11(16)19/h4,7,10H,3,5H2,1-2H3,(H,17,18)(H2,14,15,19)/t7-,10+,12?/m1/s1. The monoisotopic (exact) mass is 317 g/mol. The van der Waals surface area contributed by atoms with Gasteiger partial charge in [0.1, 0.15) is 17.1 Å². The molecule has 3 atom stereocenters. The lowest BCUT2D eigenvalue weighted by Crippen LogP contribution is -2.38. The van der Waals surface area contributed by atoms with Crippen molar-refractivity contribution in [3.63, 3.8) is 0 Å². The van der Waals surface area contributed by atoms with E-state index in [-0.39, 0.29) is 0 Å². The second-order valence-corrected chi connectivity index (χ2v) is 6.09. The Morgan fingerprint density at radius 1 is 1.76 bits per heavy atom. The van der Waals surface area contributed by atoms with Gasteiger partial charge in [-0.25, -0.2) is 9.18 Å². The van der Waals surface area contributed by atoms with Crippen molar-refractivity contribution < 1.29 is 19.0 Å². The predicted molar refractivity (Wildman–Crippen MR) is 75.3 cm³/mol. The van der Waals surface area contributed by atoms with E-state index in [2.05, 4.69) is 4.98 Å². The molecule has 2 rings (SSSR count). The second kappa shape index (κ2) is 5.64. The highest BCUT2D eigenvalue weighted by atomic mass is 32.2. The van der Waals surface area contributed by atoms with Crippen molar-refractivity contribution >= 4 is 23.5 Å². The fourth-order valence-corrected chi connectivity index (χ4v) is 3.37. The largest absolute Gasteiger partial charge is 0.481 e. The molecule has 1 saturated heterocycles. The van der Waals surface area contributed by atoms with Crippen LogP contribution < -0.4 is 11.4 Å². The van der Waals surface area contributed by atoms with Crippen molar-refractivity contribution in [2.45, 2.75) is 31.9 Å². The summed E-state index contributed by atoms with van der Waals surface area (Å²) >= 11 is 1.28. The van der Waals surface area contributed by atoms with Crippen LogP contribution in [-0.2, 0) is 9.53 Å². The summed E-state index contributed by atoms with van der Waals surface area (Å²) in [5.41, 5.74) is 2.79. The van der Waals surface area contributed by atoms with Gasteiger partial charge in [-0.3, -0.25) is 9.36 Å². The Hall–Kier alpha value is -1.61. The lowest BCUT2D eigenvalue weighted by Gasteiger charge is -2.29. The van der Waals surface area contributed by atoms with Crippen molar-refractivity contribution in [3.8, 4) is 0 Å². The Labute approximate surface area is 124 Å². The molecule has 9 heteroatoms. The molecule has 1 fully saturated rings. The van der Waals surface area contributed by atoms with E-state index in [1.807, 2.05) is 0 Å². The van der Waals surface area contributed by atoms with Crippen molar-refractivity contribution in [1.82, 2.24) is 9.55 Å². The van der Waals surface area contributed by atoms with E-state index in [0.29, 0.717) is 12.2 Å². The molecule has 1 unspecified atom stereocenters. The second-order valence-electron chi connectivity index (χ2n) is 5.00. The fourth-order valence-electron chi connectivity index (χ4n) is 1.95. The van der Waals surface area contributed by atoms with Gasteiger partial charge in [-0.1, -0.05) is 6.92 Å². The zero-order valence-corrected chi connectivity index (χ0v) is 12.4. The highest BCUT2D eigenvalue weighted by Crippen LogP contribution is 2.43. The maximum atomic E-state index is 13.4. The van der Waals surface area contributed by atoms with Crippen LogP contribution in [0.5, 0.6) is 0 Å². The third-order valence-electron chi connectivity index (χ3n) is 3.66. The number of carboxylic acid groups (broad SMARTS) is 1. The molecule has 0 radical (unpaired) electrons. The van der Waals surface area contributed by atoms with Gasteiger partial charge < -0.3 is 15.6 Å². The maximum Gasteiger partial charge on any atom is 0.351 e. The van der Waals surface area contributed by atoms with E-state index in [4.69, 9.17) is 10.5 Å². The van der Waals surface area contributed by atoms with Crippen molar-refractivity contribution in [1.29, 1.82) is 0 Å². The Bertz CT molecular complexity index is 623. The molecular formula is C12H16FN3O4S. The predicted octanol–water partition coefficient (Wildman–Crippen LogP) is 1.05. The van der Waals surface area contributed by atoms with Gasteiger partial charge in [0, 0.05) is 5.75 Å². The van der Waals surface area contributed by atoms with Crippen LogP contribution in [0.15, 0.2) is 11.0 Å². The molecule has 2 heterocycles. The first-order valence-corrected chi connectivity index (χ1v) is 7.39. The van der Waals surface area contributed by atoms with E-state index < -0.39 is 40.4 Å². The van der Waals surface area contributed by atoms with Crippen molar-refractivity contribution in [2.24, 2.45) is 5.41 Å². The van der Waals surface area contributed by atoms with Crippen LogP contribution in [-0.4, -0.2) is 31.8 Å². The molecule has 0 aromatic carbocycles. The number of ether oxygens (including phenoxy) is 1. The molecule has 1 aromatic rings. The van der Waals surface area contributed by atoms with Crippen LogP contribution in [0.2, 0.25) is 0 Å². The number of hydrogen-bond donors (Lipinski definition) is 2. The molecule has 0 spiro atoms. The number of thioether (sulfide) groups is 1. The molecule has 0 saturated carbocycles. The van der Waals surface area contributed by atoms with E-state index in [1.54, 1.807) is 13.8 Å². The van der Waals surface area contributed by atoms with E-state index in [9.17, 15) is 19.1 Å². The number of carbonyl (C=O) groups is 1. The minimum absolute atomic E-state index is 0.332. The van der Waals surface area contributed by atoms with Gasteiger partial charge in [-0.2, -0.15) is 4.98 Å². The first-order valence-electron chi connectivity index (χ1n) is 6.34. The van der Waals surface area contributed by atoms with Gasteiger partial charge in [0.25, 0.3) is 0 Å². The SMILES string of the molecule is CCC(C)(C(=O)O)[C@H]1O[C@@H](n2cc(F)c(N)nc2=O)CS1. The Morgan fingerprint density at radius 3 is 3.00 bits per heavy atom. The van der Waals surface area contributed by atoms with Crippen molar-refractivity contribution in [3.05, 3.63) is 22.5 Å². The number of aliphatic carboxylic acids is 1. The van der Waals surface area contributed by atoms with E-state index in [0.717, 1.165) is 10.8 Å². The molecule has 7 nitrogen and oxygen atoms in total. The van der Waals surface area contributed by atoms with Crippen LogP contribution in [0.4, 0.5) is 10.2 Å². The molecule has 0 aliphatic carbocycles. The van der Waals surface area contributed by atoms with E-state index >= 15 is 0 Å². The number of nitrogens with two attached hydrogens (primary N) is 1. The summed E-state index contributed by atoms with van der Waals surface area (Å²) in [6.07, 6.45) is 0.540. The molecule has 116 valence electrons. The smallest absolute Gasteiger partial charge is 0.351 e. The van der Waals surface area contributed by atoms with Gasteiger partial charge >= 0.3 is 11.7 Å². The third kappa shape index (κ3) is 2.75. The minimum atomic E-state index is -1.08. The summed E-state index contributed by atoms with van der Waals surface area (Å²) in [4.78, 5) is 26.5. The summed E-state index contributed by atoms with van der Waals surface area (Å²) in [5, 5.41) is 9.33. The normalized spacial score (nSPS) is 24.7. The molecule has 1 aromatic heterocycles. The highest BCUT2D eigenvalue weighted by molar-refractivity contribution is 8.00. The van der Waals surface area contributed by atoms with Crippen LogP contribution >= 0.6 is 11.8 Å². The number of halogens is 1. The van der Waals surface area contributed by atoms with Gasteiger partial charge in [0.2, 0.25) is 0 Å². The van der Waals surface area contributed by atoms with Gasteiger partial charge in [0.15, 0.2) is 11.6 Å². The minimum Gasteiger partial charge on any atom is -0.481 e. The topological polar surface area (TPSA) is 107 Å². The number of anilines is 1. The van der Waals surface area contributed by atoms with Crippen LogP contribution in [0.1, 0.15) is 26.5 Å².